The molecule has 1 aromatic carbocycles. The standard InChI is InChI=1S/C22H24N2O5/c25-18-16-14(19(26)23(21(16)28)12-7-3-1-4-8-12)11-15-17(18)22(29)24(20(15)27)13-9-5-2-6-10-13/h11-13,25H,1-10H2. The van der Waals surface area contributed by atoms with Crippen molar-refractivity contribution in [2.75, 3.05) is 0 Å². The Morgan fingerprint density at radius 1 is 0.621 bits per heavy atom. The Kier molecular flexibility index (Phi) is 4.22. The number of aromatic nitrogens is 2. The fraction of sp³-hybridized carbons (Fsp3) is 0.545. The Labute approximate surface area is 165 Å². The summed E-state index contributed by atoms with van der Waals surface area (Å²) in [5.74, 6) is -0.509. The number of phenols is 1. The van der Waals surface area contributed by atoms with Crippen LogP contribution in [0.4, 0.5) is 0 Å². The molecule has 2 fully saturated rings. The van der Waals surface area contributed by atoms with Gasteiger partial charge in [0.05, 0.1) is 21.5 Å². The van der Waals surface area contributed by atoms with Gasteiger partial charge < -0.3 is 5.11 Å². The van der Waals surface area contributed by atoms with Gasteiger partial charge in [0.15, 0.2) is 0 Å². The lowest BCUT2D eigenvalue weighted by Gasteiger charge is -2.21. The SMILES string of the molecule is O=c1c2cc3c(=O)n(C4CCCCC4)c(=O)c3c(O)c2c(=O)n1C1CCCCC1. The predicted octanol–water partition coefficient (Wildman–Crippen LogP) is 2.63. The number of aromatic hydroxyl groups is 1. The summed E-state index contributed by atoms with van der Waals surface area (Å²) >= 11 is 0. The molecule has 7 nitrogen and oxygen atoms in total. The average Bonchev–Trinajstić information content (AvgIpc) is 3.14. The lowest BCUT2D eigenvalue weighted by Crippen LogP contribution is -2.31. The monoisotopic (exact) mass is 396 g/mol. The number of phenolic OH excluding ortho intramolecular Hbond substituents is 1. The van der Waals surface area contributed by atoms with Crippen LogP contribution in [0.3, 0.4) is 0 Å². The highest BCUT2D eigenvalue weighted by atomic mass is 16.3. The van der Waals surface area contributed by atoms with Gasteiger partial charge >= 0.3 is 0 Å². The summed E-state index contributed by atoms with van der Waals surface area (Å²) in [5, 5.41) is 10.7. The van der Waals surface area contributed by atoms with Crippen molar-refractivity contribution in [3.63, 3.8) is 0 Å². The van der Waals surface area contributed by atoms with Crippen molar-refractivity contribution in [3.8, 4) is 5.75 Å². The number of nitrogens with zero attached hydrogens (tertiary/aromatic N) is 2. The molecule has 0 radical (unpaired) electrons. The molecule has 2 aliphatic rings. The largest absolute Gasteiger partial charge is 0.506 e. The maximum absolute atomic E-state index is 13.0. The Morgan fingerprint density at radius 3 is 1.38 bits per heavy atom. The van der Waals surface area contributed by atoms with Crippen molar-refractivity contribution in [2.24, 2.45) is 0 Å². The molecule has 0 spiro atoms. The fourth-order valence-corrected chi connectivity index (χ4v) is 5.47. The van der Waals surface area contributed by atoms with Crippen LogP contribution in [0.25, 0.3) is 21.5 Å². The number of hydrogen-bond donors (Lipinski definition) is 1. The second-order valence-corrected chi connectivity index (χ2v) is 8.61. The fourth-order valence-electron chi connectivity index (χ4n) is 5.47. The molecule has 0 bridgehead atoms. The van der Waals surface area contributed by atoms with Gasteiger partial charge in [0.25, 0.3) is 22.2 Å². The summed E-state index contributed by atoms with van der Waals surface area (Å²) in [6.45, 7) is 0. The van der Waals surface area contributed by atoms with Gasteiger partial charge in [-0.15, -0.1) is 0 Å². The van der Waals surface area contributed by atoms with E-state index in [0.29, 0.717) is 0 Å². The van der Waals surface area contributed by atoms with E-state index in [1.165, 1.54) is 15.2 Å². The van der Waals surface area contributed by atoms with Gasteiger partial charge in [-0.3, -0.25) is 28.3 Å². The van der Waals surface area contributed by atoms with Gasteiger partial charge in [-0.25, -0.2) is 0 Å². The molecule has 0 atom stereocenters. The highest BCUT2D eigenvalue weighted by Gasteiger charge is 2.29. The zero-order valence-electron chi connectivity index (χ0n) is 16.3. The Morgan fingerprint density at radius 2 is 1.00 bits per heavy atom. The van der Waals surface area contributed by atoms with E-state index in [1.807, 2.05) is 0 Å². The molecule has 2 aromatic heterocycles. The van der Waals surface area contributed by atoms with E-state index in [9.17, 15) is 24.3 Å². The number of fused-ring (bicyclic) bond motifs is 2. The third-order valence-corrected chi connectivity index (χ3v) is 6.94. The van der Waals surface area contributed by atoms with E-state index in [-0.39, 0.29) is 33.6 Å². The molecule has 29 heavy (non-hydrogen) atoms. The number of rotatable bonds is 2. The van der Waals surface area contributed by atoms with Gasteiger partial charge in [-0.2, -0.15) is 0 Å². The van der Waals surface area contributed by atoms with Crippen LogP contribution in [0.2, 0.25) is 0 Å². The van der Waals surface area contributed by atoms with Crippen LogP contribution >= 0.6 is 0 Å². The summed E-state index contributed by atoms with van der Waals surface area (Å²) in [5.41, 5.74) is -2.03. The summed E-state index contributed by atoms with van der Waals surface area (Å²) in [6.07, 6.45) is 8.97. The summed E-state index contributed by atoms with van der Waals surface area (Å²) in [4.78, 5) is 52.1. The Bertz CT molecular complexity index is 1210. The second-order valence-electron chi connectivity index (χ2n) is 8.61. The van der Waals surface area contributed by atoms with Gasteiger partial charge in [-0.05, 0) is 31.7 Å². The first-order valence-electron chi connectivity index (χ1n) is 10.7. The van der Waals surface area contributed by atoms with Crippen molar-refractivity contribution >= 4 is 21.5 Å². The van der Waals surface area contributed by atoms with Crippen LogP contribution in [0, 0.1) is 0 Å². The normalized spacial score (nSPS) is 19.4. The zero-order valence-corrected chi connectivity index (χ0v) is 16.3. The first-order chi connectivity index (χ1) is 14.0. The highest BCUT2D eigenvalue weighted by Crippen LogP contribution is 2.32. The van der Waals surface area contributed by atoms with E-state index < -0.39 is 28.0 Å². The summed E-state index contributed by atoms with van der Waals surface area (Å²) in [6, 6.07) is 0.988. The molecular formula is C22H24N2O5. The quantitative estimate of drug-likeness (QED) is 0.718. The summed E-state index contributed by atoms with van der Waals surface area (Å²) in [7, 11) is 0. The molecule has 0 aliphatic heterocycles. The van der Waals surface area contributed by atoms with Gasteiger partial charge in [-0.1, -0.05) is 38.5 Å². The van der Waals surface area contributed by atoms with Crippen LogP contribution in [-0.4, -0.2) is 14.2 Å². The first kappa shape index (κ1) is 18.3. The average molecular weight is 396 g/mol. The van der Waals surface area contributed by atoms with E-state index in [4.69, 9.17) is 0 Å². The van der Waals surface area contributed by atoms with Crippen molar-refractivity contribution in [1.82, 2.24) is 9.13 Å². The molecule has 0 unspecified atom stereocenters. The number of hydrogen-bond acceptors (Lipinski definition) is 5. The molecule has 3 aromatic rings. The molecule has 0 amide bonds. The third-order valence-electron chi connectivity index (χ3n) is 6.94. The Hall–Kier alpha value is -2.70. The minimum atomic E-state index is -0.548. The molecule has 152 valence electrons. The van der Waals surface area contributed by atoms with Gasteiger partial charge in [0, 0.05) is 12.1 Å². The zero-order chi connectivity index (χ0) is 20.3. The van der Waals surface area contributed by atoms with Crippen LogP contribution in [0.1, 0.15) is 76.3 Å². The molecule has 2 aliphatic carbocycles. The first-order valence-corrected chi connectivity index (χ1v) is 10.7. The second kappa shape index (κ2) is 6.68. The lowest BCUT2D eigenvalue weighted by molar-refractivity contribution is 0.343. The van der Waals surface area contributed by atoms with Gasteiger partial charge in [0.1, 0.15) is 5.75 Å². The van der Waals surface area contributed by atoms with Crippen LogP contribution in [0.15, 0.2) is 25.2 Å². The smallest absolute Gasteiger partial charge is 0.265 e. The molecular weight excluding hydrogens is 372 g/mol. The molecule has 2 heterocycles. The Balaban J connectivity index is 1.79. The number of benzene rings is 1. The van der Waals surface area contributed by atoms with Crippen LogP contribution in [0.5, 0.6) is 5.75 Å². The molecule has 1 N–H and O–H groups in total. The van der Waals surface area contributed by atoms with E-state index >= 15 is 0 Å². The predicted molar refractivity (Wildman–Crippen MR) is 111 cm³/mol. The van der Waals surface area contributed by atoms with Crippen molar-refractivity contribution in [2.45, 2.75) is 76.3 Å². The third kappa shape index (κ3) is 2.56. The minimum absolute atomic E-state index is 0.0449. The molecule has 0 saturated heterocycles. The van der Waals surface area contributed by atoms with E-state index in [0.717, 1.165) is 64.2 Å². The maximum atomic E-state index is 13.0. The maximum Gasteiger partial charge on any atom is 0.265 e. The van der Waals surface area contributed by atoms with E-state index in [2.05, 4.69) is 0 Å². The lowest BCUT2D eigenvalue weighted by atomic mass is 9.95. The molecule has 7 heteroatoms. The topological polar surface area (TPSA) is 98.4 Å². The van der Waals surface area contributed by atoms with E-state index in [1.54, 1.807) is 0 Å². The molecule has 2 saturated carbocycles. The molecule has 5 rings (SSSR count). The van der Waals surface area contributed by atoms with Crippen molar-refractivity contribution in [3.05, 3.63) is 47.5 Å². The summed E-state index contributed by atoms with van der Waals surface area (Å²) < 4.78 is 2.46. The van der Waals surface area contributed by atoms with Crippen LogP contribution in [-0.2, 0) is 0 Å². The van der Waals surface area contributed by atoms with Gasteiger partial charge in [0.2, 0.25) is 0 Å². The minimum Gasteiger partial charge on any atom is -0.506 e. The van der Waals surface area contributed by atoms with Crippen molar-refractivity contribution in [1.29, 1.82) is 0 Å². The van der Waals surface area contributed by atoms with Crippen molar-refractivity contribution < 1.29 is 5.11 Å². The highest BCUT2D eigenvalue weighted by molar-refractivity contribution is 6.04. The van der Waals surface area contributed by atoms with Crippen LogP contribution < -0.4 is 22.2 Å².